The van der Waals surface area contributed by atoms with Gasteiger partial charge in [-0.1, -0.05) is 19.1 Å². The first kappa shape index (κ1) is 8.81. The van der Waals surface area contributed by atoms with Crippen LogP contribution in [0.3, 0.4) is 0 Å². The Morgan fingerprint density at radius 2 is 2.29 bits per heavy atom. The van der Waals surface area contributed by atoms with Gasteiger partial charge in [-0.2, -0.15) is 0 Å². The van der Waals surface area contributed by atoms with Gasteiger partial charge in [0.1, 0.15) is 5.82 Å². The Hall–Kier alpha value is -1.77. The van der Waals surface area contributed by atoms with Gasteiger partial charge >= 0.3 is 0 Å². The molecule has 3 heteroatoms. The van der Waals surface area contributed by atoms with Crippen LogP contribution in [0.15, 0.2) is 30.5 Å². The Kier molecular flexibility index (Phi) is 2.23. The maximum atomic E-state index is 5.69. The third kappa shape index (κ3) is 1.62. The molecular formula is C11H13N3. The molecule has 0 saturated carbocycles. The molecule has 0 saturated heterocycles. The number of anilines is 1. The third-order valence-corrected chi connectivity index (χ3v) is 2.17. The van der Waals surface area contributed by atoms with Crippen LogP contribution in [0.5, 0.6) is 0 Å². The van der Waals surface area contributed by atoms with Gasteiger partial charge in [0.15, 0.2) is 0 Å². The summed E-state index contributed by atoms with van der Waals surface area (Å²) in [6.07, 6.45) is 2.83. The van der Waals surface area contributed by atoms with E-state index in [0.29, 0.717) is 0 Å². The minimum absolute atomic E-state index is 0.761. The minimum atomic E-state index is 0.761. The average molecular weight is 187 g/mol. The molecule has 3 N–H and O–H groups in total. The Morgan fingerprint density at radius 1 is 1.43 bits per heavy atom. The lowest BCUT2D eigenvalue weighted by atomic mass is 10.2. The second-order valence-corrected chi connectivity index (χ2v) is 3.24. The van der Waals surface area contributed by atoms with Crippen molar-refractivity contribution in [3.05, 3.63) is 36.2 Å². The van der Waals surface area contributed by atoms with Crippen LogP contribution in [0.25, 0.3) is 11.4 Å². The van der Waals surface area contributed by atoms with Crippen molar-refractivity contribution in [3.8, 4) is 11.4 Å². The van der Waals surface area contributed by atoms with Gasteiger partial charge in [0, 0.05) is 23.1 Å². The lowest BCUT2D eigenvalue weighted by Gasteiger charge is -1.97. The molecule has 3 nitrogen and oxygen atoms in total. The van der Waals surface area contributed by atoms with Crippen LogP contribution in [0, 0.1) is 0 Å². The van der Waals surface area contributed by atoms with Gasteiger partial charge in [0.05, 0.1) is 0 Å². The number of hydrogen-bond acceptors (Lipinski definition) is 2. The quantitative estimate of drug-likeness (QED) is 0.708. The van der Waals surface area contributed by atoms with Crippen LogP contribution in [0.2, 0.25) is 0 Å². The number of imidazole rings is 1. The maximum absolute atomic E-state index is 5.69. The summed E-state index contributed by atoms with van der Waals surface area (Å²) in [5.41, 5.74) is 8.63. The maximum Gasteiger partial charge on any atom is 0.137 e. The second kappa shape index (κ2) is 3.54. The number of nitrogens with one attached hydrogen (secondary N) is 1. The van der Waals surface area contributed by atoms with Gasteiger partial charge in [0.2, 0.25) is 0 Å². The monoisotopic (exact) mass is 187 g/mol. The van der Waals surface area contributed by atoms with E-state index in [4.69, 9.17) is 5.73 Å². The highest BCUT2D eigenvalue weighted by Crippen LogP contribution is 2.18. The summed E-state index contributed by atoms with van der Waals surface area (Å²) in [6.45, 7) is 2.09. The number of aromatic nitrogens is 2. The third-order valence-electron chi connectivity index (χ3n) is 2.17. The SMILES string of the molecule is CCc1cnc(-c2cccc(N)c2)[nH]1. The molecule has 1 aromatic heterocycles. The van der Waals surface area contributed by atoms with Crippen LogP contribution in [0.1, 0.15) is 12.6 Å². The number of aromatic amines is 1. The number of rotatable bonds is 2. The topological polar surface area (TPSA) is 54.7 Å². The van der Waals surface area contributed by atoms with Crippen molar-refractivity contribution >= 4 is 5.69 Å². The van der Waals surface area contributed by atoms with E-state index >= 15 is 0 Å². The highest BCUT2D eigenvalue weighted by Gasteiger charge is 2.01. The van der Waals surface area contributed by atoms with Crippen molar-refractivity contribution in [1.82, 2.24) is 9.97 Å². The Balaban J connectivity index is 2.39. The number of hydrogen-bond donors (Lipinski definition) is 2. The molecule has 0 fully saturated rings. The zero-order valence-electron chi connectivity index (χ0n) is 8.12. The molecule has 2 aromatic rings. The van der Waals surface area contributed by atoms with Gasteiger partial charge in [-0.15, -0.1) is 0 Å². The zero-order valence-corrected chi connectivity index (χ0v) is 8.12. The first-order valence-electron chi connectivity index (χ1n) is 4.69. The molecule has 0 bridgehead atoms. The van der Waals surface area contributed by atoms with Gasteiger partial charge < -0.3 is 10.7 Å². The summed E-state index contributed by atoms with van der Waals surface area (Å²) >= 11 is 0. The van der Waals surface area contributed by atoms with Crippen LogP contribution in [0.4, 0.5) is 5.69 Å². The van der Waals surface area contributed by atoms with E-state index in [1.807, 2.05) is 30.5 Å². The number of benzene rings is 1. The smallest absolute Gasteiger partial charge is 0.137 e. The normalized spacial score (nSPS) is 10.4. The number of aryl methyl sites for hydroxylation is 1. The lowest BCUT2D eigenvalue weighted by Crippen LogP contribution is -1.86. The van der Waals surface area contributed by atoms with E-state index < -0.39 is 0 Å². The molecule has 0 amide bonds. The first-order valence-corrected chi connectivity index (χ1v) is 4.69. The van der Waals surface area contributed by atoms with Crippen molar-refractivity contribution < 1.29 is 0 Å². The highest BCUT2D eigenvalue weighted by atomic mass is 14.9. The fourth-order valence-corrected chi connectivity index (χ4v) is 1.37. The largest absolute Gasteiger partial charge is 0.399 e. The Bertz CT molecular complexity index is 432. The molecule has 0 spiro atoms. The summed E-state index contributed by atoms with van der Waals surface area (Å²) in [6, 6.07) is 7.71. The Labute approximate surface area is 83.0 Å². The Morgan fingerprint density at radius 3 is 2.93 bits per heavy atom. The molecule has 0 aliphatic rings. The van der Waals surface area contributed by atoms with Gasteiger partial charge in [-0.3, -0.25) is 0 Å². The van der Waals surface area contributed by atoms with Crippen molar-refractivity contribution in [2.75, 3.05) is 5.73 Å². The molecule has 72 valence electrons. The van der Waals surface area contributed by atoms with Gasteiger partial charge in [0.25, 0.3) is 0 Å². The number of nitrogens with zero attached hydrogens (tertiary/aromatic N) is 1. The number of H-pyrrole nitrogens is 1. The standard InChI is InChI=1S/C11H13N3/c1-2-10-7-13-11(14-10)8-4-3-5-9(12)6-8/h3-7H,2,12H2,1H3,(H,13,14). The van der Waals surface area contributed by atoms with Crippen molar-refractivity contribution in [3.63, 3.8) is 0 Å². The predicted octanol–water partition coefficient (Wildman–Crippen LogP) is 2.22. The number of nitrogen functional groups attached to an aromatic ring is 1. The highest BCUT2D eigenvalue weighted by molar-refractivity contribution is 5.61. The molecule has 0 atom stereocenters. The van der Waals surface area contributed by atoms with Crippen LogP contribution in [-0.2, 0) is 6.42 Å². The lowest BCUT2D eigenvalue weighted by molar-refractivity contribution is 1.07. The van der Waals surface area contributed by atoms with Crippen molar-refractivity contribution in [2.24, 2.45) is 0 Å². The second-order valence-electron chi connectivity index (χ2n) is 3.24. The molecular weight excluding hydrogens is 174 g/mol. The number of nitrogens with two attached hydrogens (primary N) is 1. The fraction of sp³-hybridized carbons (Fsp3) is 0.182. The summed E-state index contributed by atoms with van der Waals surface area (Å²) in [7, 11) is 0. The van der Waals surface area contributed by atoms with Crippen molar-refractivity contribution in [1.29, 1.82) is 0 Å². The summed E-state index contributed by atoms with van der Waals surface area (Å²) in [5, 5.41) is 0. The zero-order chi connectivity index (χ0) is 9.97. The van der Waals surface area contributed by atoms with Crippen LogP contribution in [-0.4, -0.2) is 9.97 Å². The molecule has 0 unspecified atom stereocenters. The predicted molar refractivity (Wildman–Crippen MR) is 57.8 cm³/mol. The molecule has 1 aromatic carbocycles. The fourth-order valence-electron chi connectivity index (χ4n) is 1.37. The molecule has 2 rings (SSSR count). The van der Waals surface area contributed by atoms with Crippen LogP contribution < -0.4 is 5.73 Å². The van der Waals surface area contributed by atoms with Crippen molar-refractivity contribution in [2.45, 2.75) is 13.3 Å². The average Bonchev–Trinajstić information content (AvgIpc) is 2.66. The summed E-state index contributed by atoms with van der Waals surface area (Å²) in [5.74, 6) is 0.883. The molecule has 1 heterocycles. The van der Waals surface area contributed by atoms with Crippen LogP contribution >= 0.6 is 0 Å². The van der Waals surface area contributed by atoms with E-state index in [0.717, 1.165) is 29.2 Å². The van der Waals surface area contributed by atoms with Gasteiger partial charge in [-0.25, -0.2) is 4.98 Å². The summed E-state index contributed by atoms with van der Waals surface area (Å²) in [4.78, 5) is 7.53. The minimum Gasteiger partial charge on any atom is -0.399 e. The van der Waals surface area contributed by atoms with E-state index in [-0.39, 0.29) is 0 Å². The molecule has 0 aliphatic heterocycles. The molecule has 14 heavy (non-hydrogen) atoms. The molecule has 0 aliphatic carbocycles. The van der Waals surface area contributed by atoms with E-state index in [9.17, 15) is 0 Å². The van der Waals surface area contributed by atoms with Gasteiger partial charge in [-0.05, 0) is 18.6 Å². The van der Waals surface area contributed by atoms with E-state index in [2.05, 4.69) is 16.9 Å². The summed E-state index contributed by atoms with van der Waals surface area (Å²) < 4.78 is 0. The first-order chi connectivity index (χ1) is 6.79. The van der Waals surface area contributed by atoms with E-state index in [1.165, 1.54) is 0 Å². The molecule has 0 radical (unpaired) electrons. The van der Waals surface area contributed by atoms with E-state index in [1.54, 1.807) is 0 Å².